The van der Waals surface area contributed by atoms with Crippen molar-refractivity contribution >= 4 is 43.6 Å². The van der Waals surface area contributed by atoms with E-state index in [1.807, 2.05) is 53.1 Å². The van der Waals surface area contributed by atoms with Crippen molar-refractivity contribution < 1.29 is 13.7 Å². The third-order valence-electron chi connectivity index (χ3n) is 7.02. The highest BCUT2D eigenvalue weighted by Crippen LogP contribution is 2.39. The molecule has 6 aromatic carbocycles. The highest BCUT2D eigenvalue weighted by atomic mass is 15.0. The van der Waals surface area contributed by atoms with Gasteiger partial charge in [-0.3, -0.25) is 0 Å². The van der Waals surface area contributed by atoms with Crippen LogP contribution in [0, 0.1) is 0 Å². The SMILES string of the molecule is [2H]c1cc([2H])c(-c2ccc(-n3c4c([2H])c([2H])c([2H])c([2H])c4c4c(-n5c6ccccc6c6ccccc65)c([2H])c([2H])c([2H])c43)cc2)c([2H])c1. The van der Waals surface area contributed by atoms with Crippen molar-refractivity contribution in [2.45, 2.75) is 0 Å². The normalized spacial score (nSPS) is 15.4. The van der Waals surface area contributed by atoms with Crippen molar-refractivity contribution in [2.75, 3.05) is 0 Å². The van der Waals surface area contributed by atoms with Crippen molar-refractivity contribution in [3.8, 4) is 22.5 Å². The maximum absolute atomic E-state index is 9.25. The average molecular weight is 495 g/mol. The van der Waals surface area contributed by atoms with Crippen molar-refractivity contribution in [1.82, 2.24) is 9.13 Å². The predicted molar refractivity (Wildman–Crippen MR) is 161 cm³/mol. The van der Waals surface area contributed by atoms with Gasteiger partial charge < -0.3 is 9.13 Å². The summed E-state index contributed by atoms with van der Waals surface area (Å²) in [6, 6.07) is 22.4. The van der Waals surface area contributed by atoms with E-state index in [9.17, 15) is 2.74 Å². The van der Waals surface area contributed by atoms with E-state index in [0.717, 1.165) is 21.8 Å². The summed E-state index contributed by atoms with van der Waals surface area (Å²) >= 11 is 0. The van der Waals surface area contributed by atoms with Crippen molar-refractivity contribution in [1.29, 1.82) is 0 Å². The van der Waals surface area contributed by atoms with Crippen LogP contribution < -0.4 is 0 Å². The van der Waals surface area contributed by atoms with Crippen LogP contribution in [0.15, 0.2) is 145 Å². The summed E-state index contributed by atoms with van der Waals surface area (Å²) in [7, 11) is 0. The van der Waals surface area contributed by atoms with Crippen LogP contribution in [-0.2, 0) is 0 Å². The summed E-state index contributed by atoms with van der Waals surface area (Å²) in [5, 5.41) is 2.20. The summed E-state index contributed by atoms with van der Waals surface area (Å²) in [6.07, 6.45) is 0. The van der Waals surface area contributed by atoms with Crippen molar-refractivity contribution in [3.05, 3.63) is 145 Å². The molecule has 2 nitrogen and oxygen atoms in total. The highest BCUT2D eigenvalue weighted by Gasteiger charge is 2.19. The lowest BCUT2D eigenvalue weighted by Crippen LogP contribution is -1.96. The highest BCUT2D eigenvalue weighted by molar-refractivity contribution is 6.16. The van der Waals surface area contributed by atoms with Crippen LogP contribution in [-0.4, -0.2) is 9.13 Å². The van der Waals surface area contributed by atoms with Crippen LogP contribution >= 0.6 is 0 Å². The smallest absolute Gasteiger partial charge is 0.0645 e. The number of aromatic nitrogens is 2. The zero-order chi connectivity index (χ0) is 33.8. The lowest BCUT2D eigenvalue weighted by Gasteiger charge is -2.12. The van der Waals surface area contributed by atoms with Gasteiger partial charge >= 0.3 is 0 Å². The minimum atomic E-state index is -0.455. The molecule has 0 saturated carbocycles. The minimum absolute atomic E-state index is 0.0253. The number of hydrogen-bond donors (Lipinski definition) is 0. The lowest BCUT2D eigenvalue weighted by atomic mass is 10.1. The Hall–Kier alpha value is -5.08. The Morgan fingerprint density at radius 2 is 1.08 bits per heavy atom. The van der Waals surface area contributed by atoms with Crippen molar-refractivity contribution in [2.24, 2.45) is 0 Å². The quantitative estimate of drug-likeness (QED) is 0.231. The molecule has 0 spiro atoms. The molecule has 0 bridgehead atoms. The van der Waals surface area contributed by atoms with E-state index in [1.165, 1.54) is 12.1 Å². The van der Waals surface area contributed by atoms with Gasteiger partial charge in [0.05, 0.1) is 41.5 Å². The molecule has 8 rings (SSSR count). The summed E-state index contributed by atoms with van der Waals surface area (Å²) in [4.78, 5) is 0. The second-order valence-electron chi connectivity index (χ2n) is 9.04. The first kappa shape index (κ1) is 13.5. The van der Waals surface area contributed by atoms with Crippen LogP contribution in [0.25, 0.3) is 66.1 Å². The molecule has 38 heavy (non-hydrogen) atoms. The van der Waals surface area contributed by atoms with E-state index in [-0.39, 0.29) is 75.8 Å². The van der Waals surface area contributed by atoms with Crippen LogP contribution in [0.5, 0.6) is 0 Å². The summed E-state index contributed by atoms with van der Waals surface area (Å²) in [5.41, 5.74) is 3.29. The second kappa shape index (κ2) is 8.22. The summed E-state index contributed by atoms with van der Waals surface area (Å²) in [5.74, 6) is 0. The third kappa shape index (κ3) is 3.01. The van der Waals surface area contributed by atoms with Gasteiger partial charge in [-0.2, -0.15) is 0 Å². The number of hydrogen-bond acceptors (Lipinski definition) is 0. The van der Waals surface area contributed by atoms with Gasteiger partial charge in [0.25, 0.3) is 0 Å². The topological polar surface area (TPSA) is 9.86 Å². The molecule has 2 heterocycles. The average Bonchev–Trinajstić information content (AvgIpc) is 3.60. The second-order valence-corrected chi connectivity index (χ2v) is 9.04. The summed E-state index contributed by atoms with van der Waals surface area (Å²) in [6.45, 7) is 0. The molecule has 2 heteroatoms. The van der Waals surface area contributed by atoms with Gasteiger partial charge in [-0.25, -0.2) is 0 Å². The number of para-hydroxylation sites is 3. The fraction of sp³-hybridized carbons (Fsp3) is 0. The standard InChI is InChI=1S/C36H24N2/c1-2-11-25(12-3-1)26-21-23-27(24-22-26)37-33-18-9-6-15-30(33)36-34(37)19-10-20-35(36)38-31-16-7-4-13-28(31)29-14-5-8-17-32(29)38/h1-24H/i1D,6D,9D,10D,11D,12D,15D,18D,19D,20D. The molecule has 0 radical (unpaired) electrons. The third-order valence-corrected chi connectivity index (χ3v) is 7.02. The van der Waals surface area contributed by atoms with Gasteiger partial charge in [0.1, 0.15) is 0 Å². The molecule has 0 aliphatic heterocycles. The molecular formula is C36H24N2. The van der Waals surface area contributed by atoms with Gasteiger partial charge in [0, 0.05) is 27.2 Å². The van der Waals surface area contributed by atoms with Crippen LogP contribution in [0.1, 0.15) is 13.7 Å². The lowest BCUT2D eigenvalue weighted by molar-refractivity contribution is 1.17. The molecular weight excluding hydrogens is 460 g/mol. The Labute approximate surface area is 234 Å². The van der Waals surface area contributed by atoms with Gasteiger partial charge in [-0.05, 0) is 53.5 Å². The van der Waals surface area contributed by atoms with Crippen LogP contribution in [0.3, 0.4) is 0 Å². The molecule has 8 aromatic rings. The zero-order valence-corrected chi connectivity index (χ0v) is 20.0. The molecule has 0 aliphatic rings. The molecule has 0 amide bonds. The number of benzene rings is 6. The Morgan fingerprint density at radius 1 is 0.421 bits per heavy atom. The number of nitrogens with zero attached hydrogens (tertiary/aromatic N) is 2. The Morgan fingerprint density at radius 3 is 1.82 bits per heavy atom. The molecule has 0 unspecified atom stereocenters. The Kier molecular flexibility index (Phi) is 2.91. The Bertz CT molecular complexity index is 2600. The predicted octanol–water partition coefficient (Wildman–Crippen LogP) is 9.55. The minimum Gasteiger partial charge on any atom is -0.309 e. The maximum Gasteiger partial charge on any atom is 0.0645 e. The molecule has 0 N–H and O–H groups in total. The first-order valence-electron chi connectivity index (χ1n) is 17.2. The van der Waals surface area contributed by atoms with Crippen molar-refractivity contribution in [3.63, 3.8) is 0 Å². The number of rotatable bonds is 3. The number of fused-ring (bicyclic) bond motifs is 6. The van der Waals surface area contributed by atoms with E-state index in [1.54, 1.807) is 28.8 Å². The monoisotopic (exact) mass is 494 g/mol. The Balaban J connectivity index is 1.56. The van der Waals surface area contributed by atoms with Crippen LogP contribution in [0.2, 0.25) is 0 Å². The fourth-order valence-electron chi connectivity index (χ4n) is 5.40. The molecule has 0 aliphatic carbocycles. The van der Waals surface area contributed by atoms with Gasteiger partial charge in [0.2, 0.25) is 0 Å². The van der Waals surface area contributed by atoms with E-state index >= 15 is 0 Å². The van der Waals surface area contributed by atoms with E-state index in [0.29, 0.717) is 16.8 Å². The largest absolute Gasteiger partial charge is 0.309 e. The fourth-order valence-corrected chi connectivity index (χ4v) is 5.40. The molecule has 0 saturated heterocycles. The first-order valence-corrected chi connectivity index (χ1v) is 12.2. The molecule has 0 atom stereocenters. The summed E-state index contributed by atoms with van der Waals surface area (Å²) < 4.78 is 90.7. The van der Waals surface area contributed by atoms with Gasteiger partial charge in [-0.1, -0.05) is 103 Å². The van der Waals surface area contributed by atoms with E-state index in [4.69, 9.17) is 11.0 Å². The van der Waals surface area contributed by atoms with Gasteiger partial charge in [-0.15, -0.1) is 0 Å². The van der Waals surface area contributed by atoms with E-state index < -0.39 is 12.1 Å². The van der Waals surface area contributed by atoms with Gasteiger partial charge in [0.15, 0.2) is 0 Å². The first-order chi connectivity index (χ1) is 23.0. The molecule has 178 valence electrons. The molecule has 2 aromatic heterocycles. The maximum atomic E-state index is 9.25. The van der Waals surface area contributed by atoms with E-state index in [2.05, 4.69) is 0 Å². The zero-order valence-electron chi connectivity index (χ0n) is 30.0. The van der Waals surface area contributed by atoms with Crippen LogP contribution in [0.4, 0.5) is 0 Å². The molecule has 0 fully saturated rings.